The first-order valence-corrected chi connectivity index (χ1v) is 5.58. The SMILES string of the molecule is C#CC(C)(C)NC(C)c1cccc(C(F)(F)F)c1. The quantitative estimate of drug-likeness (QED) is 0.811. The molecule has 1 aromatic rings. The van der Waals surface area contributed by atoms with Crippen LogP contribution in [0, 0.1) is 12.3 Å². The summed E-state index contributed by atoms with van der Waals surface area (Å²) in [6, 6.07) is 5.00. The minimum absolute atomic E-state index is 0.252. The second-order valence-electron chi connectivity index (χ2n) is 4.76. The van der Waals surface area contributed by atoms with Crippen LogP contribution in [-0.4, -0.2) is 5.54 Å². The molecule has 0 spiro atoms. The summed E-state index contributed by atoms with van der Waals surface area (Å²) >= 11 is 0. The van der Waals surface area contributed by atoms with Crippen molar-refractivity contribution in [2.45, 2.75) is 38.5 Å². The van der Waals surface area contributed by atoms with Gasteiger partial charge in [0.15, 0.2) is 0 Å². The molecule has 0 radical (unpaired) electrons. The molecule has 1 atom stereocenters. The summed E-state index contributed by atoms with van der Waals surface area (Å²) in [6.07, 6.45) is 1.02. The van der Waals surface area contributed by atoms with E-state index in [1.54, 1.807) is 26.8 Å². The molecule has 0 heterocycles. The predicted molar refractivity (Wildman–Crippen MR) is 65.9 cm³/mol. The summed E-state index contributed by atoms with van der Waals surface area (Å²) in [5.74, 6) is 2.55. The minimum Gasteiger partial charge on any atom is -0.295 e. The fraction of sp³-hybridized carbons (Fsp3) is 0.429. The van der Waals surface area contributed by atoms with Crippen molar-refractivity contribution in [3.8, 4) is 12.3 Å². The van der Waals surface area contributed by atoms with Gasteiger partial charge in [0.05, 0.1) is 11.1 Å². The van der Waals surface area contributed by atoms with Gasteiger partial charge >= 0.3 is 6.18 Å². The van der Waals surface area contributed by atoms with E-state index in [9.17, 15) is 13.2 Å². The van der Waals surface area contributed by atoms with Crippen LogP contribution in [0.15, 0.2) is 24.3 Å². The highest BCUT2D eigenvalue weighted by atomic mass is 19.4. The topological polar surface area (TPSA) is 12.0 Å². The average Bonchev–Trinajstić information content (AvgIpc) is 2.27. The van der Waals surface area contributed by atoms with Crippen LogP contribution >= 0.6 is 0 Å². The molecule has 0 bridgehead atoms. The minimum atomic E-state index is -4.32. The van der Waals surface area contributed by atoms with Crippen molar-refractivity contribution in [2.75, 3.05) is 0 Å². The van der Waals surface area contributed by atoms with Gasteiger partial charge < -0.3 is 0 Å². The molecule has 0 aromatic heterocycles. The van der Waals surface area contributed by atoms with Crippen molar-refractivity contribution >= 4 is 0 Å². The van der Waals surface area contributed by atoms with Gasteiger partial charge in [-0.1, -0.05) is 18.1 Å². The first-order chi connectivity index (χ1) is 8.15. The Hall–Kier alpha value is -1.47. The van der Waals surface area contributed by atoms with Gasteiger partial charge in [0.25, 0.3) is 0 Å². The third-order valence-corrected chi connectivity index (χ3v) is 2.65. The molecule has 1 N–H and O–H groups in total. The highest BCUT2D eigenvalue weighted by Crippen LogP contribution is 2.30. The molecule has 0 aliphatic rings. The lowest BCUT2D eigenvalue weighted by Crippen LogP contribution is -2.39. The highest BCUT2D eigenvalue weighted by Gasteiger charge is 2.31. The number of hydrogen-bond donors (Lipinski definition) is 1. The molecule has 0 amide bonds. The number of rotatable bonds is 3. The van der Waals surface area contributed by atoms with E-state index in [-0.39, 0.29) is 6.04 Å². The van der Waals surface area contributed by atoms with Gasteiger partial charge in [-0.25, -0.2) is 0 Å². The standard InChI is InChI=1S/C14H16F3N/c1-5-13(3,4)18-10(2)11-7-6-8-12(9-11)14(15,16)17/h1,6-10,18H,2-4H3. The Labute approximate surface area is 105 Å². The van der Waals surface area contributed by atoms with Crippen molar-refractivity contribution in [2.24, 2.45) is 0 Å². The zero-order valence-corrected chi connectivity index (χ0v) is 10.6. The summed E-state index contributed by atoms with van der Waals surface area (Å²) in [5.41, 5.74) is -0.645. The lowest BCUT2D eigenvalue weighted by Gasteiger charge is -2.25. The molecule has 1 rings (SSSR count). The molecule has 1 aromatic carbocycles. The summed E-state index contributed by atoms with van der Waals surface area (Å²) in [4.78, 5) is 0. The lowest BCUT2D eigenvalue weighted by molar-refractivity contribution is -0.137. The van der Waals surface area contributed by atoms with E-state index in [1.165, 1.54) is 6.07 Å². The third kappa shape index (κ3) is 3.78. The molecule has 0 fully saturated rings. The highest BCUT2D eigenvalue weighted by molar-refractivity contribution is 5.28. The molecular formula is C14H16F3N. The van der Waals surface area contributed by atoms with Gasteiger partial charge in [-0.3, -0.25) is 5.32 Å². The normalized spacial score (nSPS) is 14.1. The molecule has 18 heavy (non-hydrogen) atoms. The van der Waals surface area contributed by atoms with Gasteiger partial charge in [0.2, 0.25) is 0 Å². The first-order valence-electron chi connectivity index (χ1n) is 5.58. The largest absolute Gasteiger partial charge is 0.416 e. The Morgan fingerprint density at radius 3 is 2.39 bits per heavy atom. The smallest absolute Gasteiger partial charge is 0.295 e. The fourth-order valence-electron chi connectivity index (χ4n) is 1.65. The van der Waals surface area contributed by atoms with Crippen LogP contribution in [-0.2, 0) is 6.18 Å². The first kappa shape index (κ1) is 14.6. The van der Waals surface area contributed by atoms with Gasteiger partial charge in [0, 0.05) is 6.04 Å². The van der Waals surface area contributed by atoms with E-state index < -0.39 is 17.3 Å². The second-order valence-corrected chi connectivity index (χ2v) is 4.76. The molecule has 4 heteroatoms. The van der Waals surface area contributed by atoms with E-state index in [0.717, 1.165) is 12.1 Å². The average molecular weight is 255 g/mol. The molecule has 0 saturated heterocycles. The van der Waals surface area contributed by atoms with E-state index in [1.807, 2.05) is 0 Å². The van der Waals surface area contributed by atoms with Crippen LogP contribution in [0.1, 0.15) is 37.9 Å². The van der Waals surface area contributed by atoms with Crippen LogP contribution in [0.4, 0.5) is 13.2 Å². The molecule has 1 nitrogen and oxygen atoms in total. The summed E-state index contributed by atoms with van der Waals surface area (Å²) in [5, 5.41) is 3.10. The number of halogens is 3. The summed E-state index contributed by atoms with van der Waals surface area (Å²) < 4.78 is 37.7. The number of terminal acetylenes is 1. The molecule has 98 valence electrons. The van der Waals surface area contributed by atoms with Crippen LogP contribution in [0.5, 0.6) is 0 Å². The maximum Gasteiger partial charge on any atom is 0.416 e. The summed E-state index contributed by atoms with van der Waals surface area (Å²) in [6.45, 7) is 5.39. The van der Waals surface area contributed by atoms with Crippen LogP contribution in [0.25, 0.3) is 0 Å². The Kier molecular flexibility index (Phi) is 4.08. The fourth-order valence-corrected chi connectivity index (χ4v) is 1.65. The van der Waals surface area contributed by atoms with E-state index >= 15 is 0 Å². The zero-order valence-electron chi connectivity index (χ0n) is 10.6. The van der Waals surface area contributed by atoms with Gasteiger partial charge in [0.1, 0.15) is 0 Å². The van der Waals surface area contributed by atoms with Crippen molar-refractivity contribution in [3.05, 3.63) is 35.4 Å². The predicted octanol–water partition coefficient (Wildman–Crippen LogP) is 3.77. The van der Waals surface area contributed by atoms with E-state index in [4.69, 9.17) is 6.42 Å². The monoisotopic (exact) mass is 255 g/mol. The van der Waals surface area contributed by atoms with Crippen molar-refractivity contribution in [3.63, 3.8) is 0 Å². The molecule has 1 unspecified atom stereocenters. The van der Waals surface area contributed by atoms with Crippen LogP contribution in [0.2, 0.25) is 0 Å². The molecule has 0 aliphatic carbocycles. The maximum atomic E-state index is 12.6. The number of benzene rings is 1. The number of nitrogens with one attached hydrogen (secondary N) is 1. The lowest BCUT2D eigenvalue weighted by atomic mass is 10.0. The zero-order chi connectivity index (χ0) is 14.0. The summed E-state index contributed by atoms with van der Waals surface area (Å²) in [7, 11) is 0. The van der Waals surface area contributed by atoms with Crippen molar-refractivity contribution in [1.29, 1.82) is 0 Å². The second kappa shape index (κ2) is 5.03. The third-order valence-electron chi connectivity index (χ3n) is 2.65. The maximum absolute atomic E-state index is 12.6. The van der Waals surface area contributed by atoms with Gasteiger partial charge in [-0.15, -0.1) is 6.42 Å². The Morgan fingerprint density at radius 1 is 1.28 bits per heavy atom. The molecule has 0 saturated carbocycles. The van der Waals surface area contributed by atoms with Crippen LogP contribution in [0.3, 0.4) is 0 Å². The van der Waals surface area contributed by atoms with Gasteiger partial charge in [-0.2, -0.15) is 13.2 Å². The Morgan fingerprint density at radius 2 is 1.89 bits per heavy atom. The molecular weight excluding hydrogens is 239 g/mol. The van der Waals surface area contributed by atoms with E-state index in [2.05, 4.69) is 11.2 Å². The Bertz CT molecular complexity index is 455. The van der Waals surface area contributed by atoms with E-state index in [0.29, 0.717) is 5.56 Å². The van der Waals surface area contributed by atoms with Crippen molar-refractivity contribution < 1.29 is 13.2 Å². The Balaban J connectivity index is 2.95. The van der Waals surface area contributed by atoms with Gasteiger partial charge in [-0.05, 0) is 38.5 Å². The number of hydrogen-bond acceptors (Lipinski definition) is 1. The van der Waals surface area contributed by atoms with Crippen LogP contribution < -0.4 is 5.32 Å². The molecule has 0 aliphatic heterocycles. The van der Waals surface area contributed by atoms with Crippen molar-refractivity contribution in [1.82, 2.24) is 5.32 Å². The number of alkyl halides is 3.